The molecule has 206 valence electrons. The van der Waals surface area contributed by atoms with Crippen LogP contribution in [0.25, 0.3) is 11.0 Å². The summed E-state index contributed by atoms with van der Waals surface area (Å²) in [4.78, 5) is 18.0. The number of aryl methyl sites for hydroxylation is 2. The minimum absolute atomic E-state index is 0.199. The van der Waals surface area contributed by atoms with Crippen LogP contribution in [-0.4, -0.2) is 36.3 Å². The highest BCUT2D eigenvalue weighted by Crippen LogP contribution is 2.29. The maximum Gasteiger partial charge on any atom is 0.251 e. The Morgan fingerprint density at radius 1 is 0.923 bits per heavy atom. The number of methoxy groups -OCH3 is 2. The highest BCUT2D eigenvalue weighted by atomic mass is 16.5. The van der Waals surface area contributed by atoms with Crippen LogP contribution in [0.15, 0.2) is 60.7 Å². The van der Waals surface area contributed by atoms with E-state index < -0.39 is 0 Å². The summed E-state index contributed by atoms with van der Waals surface area (Å²) in [6.45, 7) is 9.86. The zero-order valence-corrected chi connectivity index (χ0v) is 23.8. The highest BCUT2D eigenvalue weighted by Gasteiger charge is 2.20. The standard InChI is InChI=1S/C32H39N3O4/c1-21(2)25-15-13-22(3)19-29(25)39-18-10-9-17-35-27-12-8-7-11-26(27)34-31(35)23(4)33-32(36)24-14-16-28(37-5)30(20-24)38-6/h7-8,11-16,19-21,23H,9-10,17-18H2,1-6H3,(H,33,36). The Balaban J connectivity index is 1.44. The van der Waals surface area contributed by atoms with Gasteiger partial charge < -0.3 is 24.1 Å². The number of amides is 1. The average Bonchev–Trinajstić information content (AvgIpc) is 3.31. The molecule has 4 aromatic rings. The molecular formula is C32H39N3O4. The number of para-hydroxylation sites is 2. The van der Waals surface area contributed by atoms with Crippen molar-refractivity contribution in [3.8, 4) is 17.2 Å². The van der Waals surface area contributed by atoms with E-state index in [2.05, 4.69) is 54.9 Å². The van der Waals surface area contributed by atoms with E-state index in [1.165, 1.54) is 11.1 Å². The van der Waals surface area contributed by atoms with Crippen molar-refractivity contribution in [1.82, 2.24) is 14.9 Å². The van der Waals surface area contributed by atoms with E-state index >= 15 is 0 Å². The van der Waals surface area contributed by atoms with Crippen molar-refractivity contribution in [2.45, 2.75) is 59.0 Å². The Labute approximate surface area is 231 Å². The zero-order chi connectivity index (χ0) is 27.9. The van der Waals surface area contributed by atoms with Crippen LogP contribution in [0, 0.1) is 6.92 Å². The van der Waals surface area contributed by atoms with Gasteiger partial charge in [0.15, 0.2) is 11.5 Å². The van der Waals surface area contributed by atoms with Gasteiger partial charge in [0.25, 0.3) is 5.91 Å². The monoisotopic (exact) mass is 529 g/mol. The van der Waals surface area contributed by atoms with E-state index in [1.807, 2.05) is 25.1 Å². The molecule has 3 aromatic carbocycles. The van der Waals surface area contributed by atoms with Crippen LogP contribution in [0.1, 0.15) is 72.9 Å². The highest BCUT2D eigenvalue weighted by molar-refractivity contribution is 5.95. The summed E-state index contributed by atoms with van der Waals surface area (Å²) >= 11 is 0. The number of benzene rings is 3. The van der Waals surface area contributed by atoms with E-state index in [9.17, 15) is 4.79 Å². The molecule has 0 spiro atoms. The van der Waals surface area contributed by atoms with E-state index in [0.717, 1.165) is 42.0 Å². The van der Waals surface area contributed by atoms with Crippen molar-refractivity contribution in [3.05, 3.63) is 83.2 Å². The number of unbranched alkanes of at least 4 members (excludes halogenated alkanes) is 1. The number of hydrogen-bond acceptors (Lipinski definition) is 5. The largest absolute Gasteiger partial charge is 0.493 e. The number of ether oxygens (including phenoxy) is 3. The van der Waals surface area contributed by atoms with Gasteiger partial charge in [0.05, 0.1) is 37.9 Å². The van der Waals surface area contributed by atoms with Gasteiger partial charge in [-0.3, -0.25) is 4.79 Å². The molecule has 1 aromatic heterocycles. The number of imidazole rings is 1. The summed E-state index contributed by atoms with van der Waals surface area (Å²) in [6, 6.07) is 19.4. The van der Waals surface area contributed by atoms with Gasteiger partial charge in [0, 0.05) is 12.1 Å². The van der Waals surface area contributed by atoms with Crippen LogP contribution in [0.3, 0.4) is 0 Å². The summed E-state index contributed by atoms with van der Waals surface area (Å²) < 4.78 is 19.1. The van der Waals surface area contributed by atoms with E-state index in [0.29, 0.717) is 29.6 Å². The number of rotatable bonds is 12. The number of carbonyl (C=O) groups excluding carboxylic acids is 1. The fourth-order valence-corrected chi connectivity index (χ4v) is 4.78. The van der Waals surface area contributed by atoms with E-state index in [-0.39, 0.29) is 11.9 Å². The molecule has 0 aliphatic carbocycles. The number of nitrogens with zero attached hydrogens (tertiary/aromatic N) is 2. The lowest BCUT2D eigenvalue weighted by Crippen LogP contribution is -2.28. The molecule has 0 aliphatic rings. The molecule has 1 heterocycles. The van der Waals surface area contributed by atoms with Crippen molar-refractivity contribution < 1.29 is 19.0 Å². The zero-order valence-electron chi connectivity index (χ0n) is 23.8. The first-order valence-electron chi connectivity index (χ1n) is 13.5. The summed E-state index contributed by atoms with van der Waals surface area (Å²) in [7, 11) is 3.13. The summed E-state index contributed by atoms with van der Waals surface area (Å²) in [6.07, 6.45) is 1.83. The van der Waals surface area contributed by atoms with Crippen LogP contribution < -0.4 is 19.5 Å². The second kappa shape index (κ2) is 12.7. The number of hydrogen-bond donors (Lipinski definition) is 1. The second-order valence-corrected chi connectivity index (χ2v) is 10.1. The number of fused-ring (bicyclic) bond motifs is 1. The minimum Gasteiger partial charge on any atom is -0.493 e. The first-order valence-corrected chi connectivity index (χ1v) is 13.5. The van der Waals surface area contributed by atoms with Gasteiger partial charge >= 0.3 is 0 Å². The third kappa shape index (κ3) is 6.53. The predicted molar refractivity (Wildman–Crippen MR) is 155 cm³/mol. The molecule has 0 fully saturated rings. The Hall–Kier alpha value is -4.00. The van der Waals surface area contributed by atoms with Gasteiger partial charge in [0.1, 0.15) is 11.6 Å². The third-order valence-electron chi connectivity index (χ3n) is 6.89. The van der Waals surface area contributed by atoms with Gasteiger partial charge in [-0.05, 0) is 80.1 Å². The van der Waals surface area contributed by atoms with Crippen LogP contribution in [0.2, 0.25) is 0 Å². The molecule has 7 nitrogen and oxygen atoms in total. The lowest BCUT2D eigenvalue weighted by Gasteiger charge is -2.17. The van der Waals surface area contributed by atoms with Gasteiger partial charge in [-0.2, -0.15) is 0 Å². The molecule has 4 rings (SSSR count). The molecule has 1 amide bonds. The predicted octanol–water partition coefficient (Wildman–Crippen LogP) is 6.84. The summed E-state index contributed by atoms with van der Waals surface area (Å²) in [5.74, 6) is 3.11. The van der Waals surface area contributed by atoms with Gasteiger partial charge in [-0.15, -0.1) is 0 Å². The van der Waals surface area contributed by atoms with Crippen molar-refractivity contribution >= 4 is 16.9 Å². The Bertz CT molecular complexity index is 1430. The molecule has 7 heteroatoms. The molecule has 0 radical (unpaired) electrons. The Morgan fingerprint density at radius 3 is 2.44 bits per heavy atom. The number of carbonyl (C=O) groups is 1. The number of aromatic nitrogens is 2. The molecular weight excluding hydrogens is 490 g/mol. The first-order chi connectivity index (χ1) is 18.8. The molecule has 1 atom stereocenters. The molecule has 1 N–H and O–H groups in total. The van der Waals surface area contributed by atoms with Crippen LogP contribution in [0.4, 0.5) is 0 Å². The lowest BCUT2D eigenvalue weighted by atomic mass is 10.0. The quantitative estimate of drug-likeness (QED) is 0.204. The van der Waals surface area contributed by atoms with Crippen LogP contribution in [0.5, 0.6) is 17.2 Å². The normalized spacial score (nSPS) is 12.0. The molecule has 1 unspecified atom stereocenters. The van der Waals surface area contributed by atoms with Gasteiger partial charge in [-0.25, -0.2) is 4.98 Å². The van der Waals surface area contributed by atoms with Gasteiger partial charge in [0.2, 0.25) is 0 Å². The van der Waals surface area contributed by atoms with E-state index in [4.69, 9.17) is 19.2 Å². The van der Waals surface area contributed by atoms with Crippen LogP contribution in [-0.2, 0) is 6.54 Å². The lowest BCUT2D eigenvalue weighted by molar-refractivity contribution is 0.0937. The Morgan fingerprint density at radius 2 is 1.69 bits per heavy atom. The molecule has 0 saturated carbocycles. The average molecular weight is 530 g/mol. The smallest absolute Gasteiger partial charge is 0.251 e. The maximum atomic E-state index is 13.1. The Kier molecular flexibility index (Phi) is 9.12. The molecule has 0 bridgehead atoms. The van der Waals surface area contributed by atoms with E-state index in [1.54, 1.807) is 32.4 Å². The number of nitrogens with one attached hydrogen (secondary N) is 1. The summed E-state index contributed by atoms with van der Waals surface area (Å²) in [5, 5.41) is 3.10. The van der Waals surface area contributed by atoms with Crippen molar-refractivity contribution in [2.75, 3.05) is 20.8 Å². The van der Waals surface area contributed by atoms with Crippen molar-refractivity contribution in [2.24, 2.45) is 0 Å². The minimum atomic E-state index is -0.296. The second-order valence-electron chi connectivity index (χ2n) is 10.1. The maximum absolute atomic E-state index is 13.1. The van der Waals surface area contributed by atoms with Gasteiger partial charge in [-0.1, -0.05) is 38.1 Å². The molecule has 0 aliphatic heterocycles. The summed E-state index contributed by atoms with van der Waals surface area (Å²) in [5.41, 5.74) is 4.91. The first kappa shape index (κ1) is 28.0. The fraction of sp³-hybridized carbons (Fsp3) is 0.375. The SMILES string of the molecule is COc1ccc(C(=O)NC(C)c2nc3ccccc3n2CCCCOc2cc(C)ccc2C(C)C)cc1OC. The molecule has 39 heavy (non-hydrogen) atoms. The topological polar surface area (TPSA) is 74.6 Å². The molecule has 0 saturated heterocycles. The van der Waals surface area contributed by atoms with Crippen LogP contribution >= 0.6 is 0 Å². The van der Waals surface area contributed by atoms with Crippen molar-refractivity contribution in [1.29, 1.82) is 0 Å². The van der Waals surface area contributed by atoms with Crippen molar-refractivity contribution in [3.63, 3.8) is 0 Å². The fourth-order valence-electron chi connectivity index (χ4n) is 4.78. The third-order valence-corrected chi connectivity index (χ3v) is 6.89.